The molecular formula is C20H31FN6. The van der Waals surface area contributed by atoms with E-state index in [0.29, 0.717) is 30.3 Å². The first-order chi connectivity index (χ1) is 12.9. The van der Waals surface area contributed by atoms with Gasteiger partial charge in [-0.2, -0.15) is 0 Å². The summed E-state index contributed by atoms with van der Waals surface area (Å²) in [6.07, 6.45) is 4.93. The molecule has 7 heteroatoms. The number of guanidine groups is 1. The van der Waals surface area contributed by atoms with Crippen molar-refractivity contribution in [2.75, 3.05) is 20.1 Å². The first-order valence-corrected chi connectivity index (χ1v) is 9.39. The Balaban J connectivity index is 1.86. The fourth-order valence-electron chi connectivity index (χ4n) is 3.09. The Bertz CT molecular complexity index is 716. The Morgan fingerprint density at radius 3 is 2.52 bits per heavy atom. The fourth-order valence-corrected chi connectivity index (χ4v) is 3.09. The summed E-state index contributed by atoms with van der Waals surface area (Å²) in [6, 6.07) is 6.19. The van der Waals surface area contributed by atoms with E-state index in [1.807, 2.05) is 6.07 Å². The highest BCUT2D eigenvalue weighted by atomic mass is 19.1. The molecule has 0 aliphatic heterocycles. The van der Waals surface area contributed by atoms with E-state index in [4.69, 9.17) is 0 Å². The van der Waals surface area contributed by atoms with Crippen LogP contribution in [0.25, 0.3) is 5.69 Å². The average molecular weight is 375 g/mol. The minimum Gasteiger partial charge on any atom is -0.355 e. The van der Waals surface area contributed by atoms with Gasteiger partial charge in [0.05, 0.1) is 12.0 Å². The molecule has 0 amide bonds. The maximum Gasteiger partial charge on any atom is 0.191 e. The predicted molar refractivity (Wildman–Crippen MR) is 109 cm³/mol. The first kappa shape index (κ1) is 20.9. The molecule has 1 aromatic heterocycles. The molecule has 1 aromatic carbocycles. The van der Waals surface area contributed by atoms with Gasteiger partial charge in [-0.1, -0.05) is 6.07 Å². The highest BCUT2D eigenvalue weighted by molar-refractivity contribution is 5.79. The molecule has 0 fully saturated rings. The summed E-state index contributed by atoms with van der Waals surface area (Å²) in [4.78, 5) is 10.6. The van der Waals surface area contributed by atoms with Crippen LogP contribution in [0.15, 0.2) is 41.9 Å². The molecule has 0 saturated heterocycles. The lowest BCUT2D eigenvalue weighted by Crippen LogP contribution is -2.45. The van der Waals surface area contributed by atoms with Crippen LogP contribution in [-0.2, 0) is 6.54 Å². The molecule has 0 aliphatic rings. The van der Waals surface area contributed by atoms with E-state index in [9.17, 15) is 4.39 Å². The van der Waals surface area contributed by atoms with Crippen LogP contribution in [0.2, 0.25) is 0 Å². The van der Waals surface area contributed by atoms with E-state index in [1.165, 1.54) is 6.07 Å². The van der Waals surface area contributed by atoms with E-state index < -0.39 is 0 Å². The summed E-state index contributed by atoms with van der Waals surface area (Å²) in [6.45, 7) is 11.0. The second-order valence-corrected chi connectivity index (χ2v) is 7.03. The minimum atomic E-state index is -0.278. The third-order valence-electron chi connectivity index (χ3n) is 4.47. The third kappa shape index (κ3) is 6.06. The van der Waals surface area contributed by atoms with Crippen molar-refractivity contribution in [3.63, 3.8) is 0 Å². The SMILES string of the molecule is CN=C(NCCN(C(C)C)C(C)C)NCc1ccc(-n2ccnc2)c(F)c1. The van der Waals surface area contributed by atoms with Crippen molar-refractivity contribution in [3.8, 4) is 5.69 Å². The molecular weight excluding hydrogens is 343 g/mol. The quantitative estimate of drug-likeness (QED) is 0.551. The van der Waals surface area contributed by atoms with Gasteiger partial charge < -0.3 is 15.2 Å². The number of aliphatic imine (C=N–C) groups is 1. The lowest BCUT2D eigenvalue weighted by Gasteiger charge is -2.30. The lowest BCUT2D eigenvalue weighted by atomic mass is 10.2. The van der Waals surface area contributed by atoms with Gasteiger partial charge >= 0.3 is 0 Å². The van der Waals surface area contributed by atoms with Crippen LogP contribution in [0.4, 0.5) is 4.39 Å². The van der Waals surface area contributed by atoms with Crippen molar-refractivity contribution in [3.05, 3.63) is 48.3 Å². The van der Waals surface area contributed by atoms with Crippen molar-refractivity contribution < 1.29 is 4.39 Å². The Kier molecular flexibility index (Phi) is 7.79. The lowest BCUT2D eigenvalue weighted by molar-refractivity contribution is 0.178. The van der Waals surface area contributed by atoms with Gasteiger partial charge in [0.15, 0.2) is 5.96 Å². The molecule has 0 aliphatic carbocycles. The molecule has 0 spiro atoms. The molecule has 27 heavy (non-hydrogen) atoms. The predicted octanol–water partition coefficient (Wildman–Crippen LogP) is 2.80. The molecule has 2 aromatic rings. The Morgan fingerprint density at radius 2 is 1.96 bits per heavy atom. The number of imidazole rings is 1. The van der Waals surface area contributed by atoms with Crippen molar-refractivity contribution in [1.82, 2.24) is 25.1 Å². The standard InChI is InChI=1S/C20H31FN6/c1-15(2)27(16(3)4)11-9-24-20(22-5)25-13-17-6-7-19(18(21)12-17)26-10-8-23-14-26/h6-8,10,12,14-16H,9,11,13H2,1-5H3,(H2,22,24,25). The zero-order chi connectivity index (χ0) is 19.8. The highest BCUT2D eigenvalue weighted by Crippen LogP contribution is 2.14. The van der Waals surface area contributed by atoms with E-state index in [-0.39, 0.29) is 5.82 Å². The minimum absolute atomic E-state index is 0.278. The van der Waals surface area contributed by atoms with Gasteiger partial charge in [-0.05, 0) is 45.4 Å². The Labute approximate surface area is 161 Å². The van der Waals surface area contributed by atoms with Crippen molar-refractivity contribution >= 4 is 5.96 Å². The molecule has 0 saturated carbocycles. The maximum atomic E-state index is 14.3. The summed E-state index contributed by atoms with van der Waals surface area (Å²) in [5.74, 6) is 0.432. The van der Waals surface area contributed by atoms with E-state index >= 15 is 0 Å². The van der Waals surface area contributed by atoms with Gasteiger partial charge in [-0.15, -0.1) is 0 Å². The van der Waals surface area contributed by atoms with Crippen molar-refractivity contribution in [1.29, 1.82) is 0 Å². The third-order valence-corrected chi connectivity index (χ3v) is 4.47. The monoisotopic (exact) mass is 374 g/mol. The molecule has 0 radical (unpaired) electrons. The van der Waals surface area contributed by atoms with Gasteiger partial charge in [0.2, 0.25) is 0 Å². The fraction of sp³-hybridized carbons (Fsp3) is 0.500. The number of hydrogen-bond donors (Lipinski definition) is 2. The first-order valence-electron chi connectivity index (χ1n) is 9.39. The van der Waals surface area contributed by atoms with Crippen molar-refractivity contribution in [2.45, 2.75) is 46.3 Å². The summed E-state index contributed by atoms with van der Waals surface area (Å²) < 4.78 is 16.0. The van der Waals surface area contributed by atoms with Gasteiger partial charge in [0.1, 0.15) is 5.82 Å². The van der Waals surface area contributed by atoms with Gasteiger partial charge in [-0.3, -0.25) is 9.89 Å². The number of benzene rings is 1. The smallest absolute Gasteiger partial charge is 0.191 e. The number of nitrogens with one attached hydrogen (secondary N) is 2. The normalized spacial score (nSPS) is 12.3. The number of rotatable bonds is 8. The molecule has 0 unspecified atom stereocenters. The molecule has 2 N–H and O–H groups in total. The number of aromatic nitrogens is 2. The Morgan fingerprint density at radius 1 is 1.22 bits per heavy atom. The van der Waals surface area contributed by atoms with Gasteiger partial charge in [0, 0.05) is 51.2 Å². The summed E-state index contributed by atoms with van der Waals surface area (Å²) in [7, 11) is 1.74. The molecule has 6 nitrogen and oxygen atoms in total. The topological polar surface area (TPSA) is 57.5 Å². The number of halogens is 1. The molecule has 0 bridgehead atoms. The van der Waals surface area contributed by atoms with Crippen LogP contribution < -0.4 is 10.6 Å². The second kappa shape index (κ2) is 10.1. The van der Waals surface area contributed by atoms with E-state index in [0.717, 1.165) is 18.7 Å². The summed E-state index contributed by atoms with van der Waals surface area (Å²) >= 11 is 0. The van der Waals surface area contributed by atoms with E-state index in [1.54, 1.807) is 36.4 Å². The van der Waals surface area contributed by atoms with Crippen LogP contribution in [0.1, 0.15) is 33.3 Å². The van der Waals surface area contributed by atoms with Crippen LogP contribution in [0.3, 0.4) is 0 Å². The Hall–Kier alpha value is -2.41. The largest absolute Gasteiger partial charge is 0.355 e. The average Bonchev–Trinajstić information content (AvgIpc) is 3.14. The van der Waals surface area contributed by atoms with Crippen LogP contribution in [0.5, 0.6) is 0 Å². The molecule has 0 atom stereocenters. The number of hydrogen-bond acceptors (Lipinski definition) is 3. The number of nitrogens with zero attached hydrogens (tertiary/aromatic N) is 4. The zero-order valence-corrected chi connectivity index (χ0v) is 16.9. The zero-order valence-electron chi connectivity index (χ0n) is 16.9. The van der Waals surface area contributed by atoms with Crippen LogP contribution in [0, 0.1) is 5.82 Å². The van der Waals surface area contributed by atoms with E-state index in [2.05, 4.69) is 53.2 Å². The summed E-state index contributed by atoms with van der Waals surface area (Å²) in [5.41, 5.74) is 1.34. The van der Waals surface area contributed by atoms with Crippen LogP contribution >= 0.6 is 0 Å². The summed E-state index contributed by atoms with van der Waals surface area (Å²) in [5, 5.41) is 6.55. The van der Waals surface area contributed by atoms with Gasteiger partial charge in [-0.25, -0.2) is 9.37 Å². The second-order valence-electron chi connectivity index (χ2n) is 7.03. The van der Waals surface area contributed by atoms with Crippen LogP contribution in [-0.4, -0.2) is 52.6 Å². The maximum absolute atomic E-state index is 14.3. The highest BCUT2D eigenvalue weighted by Gasteiger charge is 2.12. The molecule has 2 rings (SSSR count). The van der Waals surface area contributed by atoms with Crippen molar-refractivity contribution in [2.24, 2.45) is 4.99 Å². The molecule has 1 heterocycles. The van der Waals surface area contributed by atoms with Gasteiger partial charge in [0.25, 0.3) is 0 Å². The molecule has 148 valence electrons.